The van der Waals surface area contributed by atoms with Crippen molar-refractivity contribution in [3.05, 3.63) is 101 Å². The van der Waals surface area contributed by atoms with Gasteiger partial charge in [0.25, 0.3) is 0 Å². The van der Waals surface area contributed by atoms with Gasteiger partial charge in [0.05, 0.1) is 6.54 Å². The molecular formula is C36H40FN5O6. The first-order valence-electron chi connectivity index (χ1n) is 16.2. The van der Waals surface area contributed by atoms with Gasteiger partial charge in [-0.1, -0.05) is 42.5 Å². The number of carbonyl (C=O) groups is 5. The van der Waals surface area contributed by atoms with E-state index in [9.17, 15) is 28.4 Å². The van der Waals surface area contributed by atoms with Crippen LogP contribution in [0.1, 0.15) is 54.1 Å². The zero-order chi connectivity index (χ0) is 34.0. The van der Waals surface area contributed by atoms with Crippen LogP contribution in [0.2, 0.25) is 0 Å². The van der Waals surface area contributed by atoms with Crippen molar-refractivity contribution in [1.82, 2.24) is 20.0 Å². The average Bonchev–Trinajstić information content (AvgIpc) is 3.08. The number of halogens is 1. The second kappa shape index (κ2) is 16.0. The molecule has 0 saturated carbocycles. The number of rotatable bonds is 12. The summed E-state index contributed by atoms with van der Waals surface area (Å²) in [6.07, 6.45) is 0.624. The Kier molecular flexibility index (Phi) is 11.4. The van der Waals surface area contributed by atoms with E-state index in [0.29, 0.717) is 43.5 Å². The lowest BCUT2D eigenvalue weighted by Gasteiger charge is -2.52. The number of anilines is 1. The molecule has 2 atom stereocenters. The summed E-state index contributed by atoms with van der Waals surface area (Å²) in [7, 11) is 0. The number of nitrogens with one attached hydrogen (secondary N) is 2. The van der Waals surface area contributed by atoms with E-state index in [4.69, 9.17) is 4.74 Å². The maximum absolute atomic E-state index is 13.9. The highest BCUT2D eigenvalue weighted by Gasteiger charge is 2.48. The molecule has 2 N–H and O–H groups in total. The molecule has 48 heavy (non-hydrogen) atoms. The third-order valence-corrected chi connectivity index (χ3v) is 8.60. The molecule has 3 aromatic carbocycles. The Balaban J connectivity index is 1.24. The molecule has 11 nitrogen and oxygen atoms in total. The predicted molar refractivity (Wildman–Crippen MR) is 176 cm³/mol. The first-order valence-corrected chi connectivity index (χ1v) is 16.2. The molecule has 5 amide bonds. The number of piperazine rings is 1. The number of amides is 5. The molecule has 0 unspecified atom stereocenters. The number of hydrogen-bond acceptors (Lipinski definition) is 6. The van der Waals surface area contributed by atoms with Crippen molar-refractivity contribution in [2.75, 3.05) is 31.5 Å². The van der Waals surface area contributed by atoms with Gasteiger partial charge >= 0.3 is 12.1 Å². The summed E-state index contributed by atoms with van der Waals surface area (Å²) in [4.78, 5) is 69.4. The van der Waals surface area contributed by atoms with Gasteiger partial charge in [-0.3, -0.25) is 14.4 Å². The van der Waals surface area contributed by atoms with Crippen LogP contribution in [0.3, 0.4) is 0 Å². The molecule has 5 rings (SSSR count). The highest BCUT2D eigenvalue weighted by Crippen LogP contribution is 2.29. The van der Waals surface area contributed by atoms with E-state index >= 15 is 0 Å². The van der Waals surface area contributed by atoms with Crippen LogP contribution >= 0.6 is 0 Å². The maximum atomic E-state index is 13.9. The van der Waals surface area contributed by atoms with Crippen molar-refractivity contribution >= 4 is 35.4 Å². The zero-order valence-electron chi connectivity index (χ0n) is 26.9. The van der Waals surface area contributed by atoms with E-state index in [1.54, 1.807) is 46.2 Å². The maximum Gasteiger partial charge on any atom is 0.407 e. The van der Waals surface area contributed by atoms with Crippen molar-refractivity contribution in [3.63, 3.8) is 0 Å². The molecule has 3 aromatic rings. The van der Waals surface area contributed by atoms with Crippen LogP contribution in [-0.4, -0.2) is 82.8 Å². The lowest BCUT2D eigenvalue weighted by atomic mass is 9.98. The Labute approximate surface area is 279 Å². The summed E-state index contributed by atoms with van der Waals surface area (Å²) >= 11 is 0. The van der Waals surface area contributed by atoms with E-state index in [0.717, 1.165) is 11.1 Å². The number of carbonyl (C=O) groups excluding carboxylic acids is 5. The summed E-state index contributed by atoms with van der Waals surface area (Å²) in [6.45, 7) is 2.51. The molecule has 2 aliphatic rings. The normalized spacial score (nSPS) is 17.5. The van der Waals surface area contributed by atoms with E-state index < -0.39 is 24.3 Å². The molecule has 2 heterocycles. The topological polar surface area (TPSA) is 128 Å². The summed E-state index contributed by atoms with van der Waals surface area (Å²) < 4.78 is 19.1. The second-order valence-electron chi connectivity index (χ2n) is 12.0. The summed E-state index contributed by atoms with van der Waals surface area (Å²) in [6, 6.07) is 20.9. The minimum absolute atomic E-state index is 0.0646. The van der Waals surface area contributed by atoms with Gasteiger partial charge in [-0.25, -0.2) is 14.0 Å². The standard InChI is InChI=1S/C36H40FN5O6/c1-25(43)28-13-15-30(16-14-28)39-35(46)41-21-18-33(44)42-31(12-5-6-19-38-36(47)48-24-27-8-3-2-4-9-27)34(45)40(23-32(41)42)20-17-26-10-7-11-29(37)22-26/h2-4,7-11,13-16,22,31-32H,5-6,12,17-21,23-24H2,1H3,(H,38,47)(H,39,46)/t31-,32+/m0/s1. The molecule has 2 saturated heterocycles. The molecule has 2 fully saturated rings. The SMILES string of the molecule is CC(=O)c1ccc(NC(=O)N2CCC(=O)N3[C@@H]2CN(CCc2cccc(F)c2)C(=O)[C@@H]3CCCCNC(=O)OCc2ccccc2)cc1. The molecule has 252 valence electrons. The minimum Gasteiger partial charge on any atom is -0.445 e. The zero-order valence-corrected chi connectivity index (χ0v) is 26.9. The number of alkyl carbamates (subject to hydrolysis) is 1. The van der Waals surface area contributed by atoms with Crippen molar-refractivity contribution in [3.8, 4) is 0 Å². The largest absolute Gasteiger partial charge is 0.445 e. The van der Waals surface area contributed by atoms with E-state index in [1.165, 1.54) is 24.0 Å². The molecular weight excluding hydrogens is 617 g/mol. The third-order valence-electron chi connectivity index (χ3n) is 8.60. The molecule has 0 aliphatic carbocycles. The minimum atomic E-state index is -0.806. The van der Waals surface area contributed by atoms with Gasteiger partial charge in [0, 0.05) is 37.3 Å². The van der Waals surface area contributed by atoms with E-state index in [2.05, 4.69) is 10.6 Å². The quantitative estimate of drug-likeness (QED) is 0.209. The first kappa shape index (κ1) is 34.1. The van der Waals surface area contributed by atoms with Crippen LogP contribution in [0.15, 0.2) is 78.9 Å². The number of Topliss-reactive ketones (excluding diaryl/α,β-unsaturated/α-hetero) is 1. The number of fused-ring (bicyclic) bond motifs is 1. The number of nitrogens with zero attached hydrogens (tertiary/aromatic N) is 3. The molecule has 0 spiro atoms. The van der Waals surface area contributed by atoms with Crippen LogP contribution in [-0.2, 0) is 27.4 Å². The second-order valence-corrected chi connectivity index (χ2v) is 12.0. The lowest BCUT2D eigenvalue weighted by molar-refractivity contribution is -0.167. The van der Waals surface area contributed by atoms with Crippen molar-refractivity contribution in [2.24, 2.45) is 0 Å². The predicted octanol–water partition coefficient (Wildman–Crippen LogP) is 4.97. The van der Waals surface area contributed by atoms with Gasteiger partial charge in [-0.2, -0.15) is 0 Å². The number of unbranched alkanes of at least 4 members (excludes halogenated alkanes) is 1. The lowest BCUT2D eigenvalue weighted by Crippen LogP contribution is -2.71. The monoisotopic (exact) mass is 657 g/mol. The molecule has 2 aliphatic heterocycles. The fourth-order valence-corrected chi connectivity index (χ4v) is 6.06. The van der Waals surface area contributed by atoms with Gasteiger partial charge in [-0.05, 0) is 80.1 Å². The smallest absolute Gasteiger partial charge is 0.407 e. The molecule has 0 radical (unpaired) electrons. The highest BCUT2D eigenvalue weighted by atomic mass is 19.1. The van der Waals surface area contributed by atoms with Crippen molar-refractivity contribution < 1.29 is 33.1 Å². The van der Waals surface area contributed by atoms with Crippen LogP contribution < -0.4 is 10.6 Å². The molecule has 12 heteroatoms. The molecule has 0 bridgehead atoms. The van der Waals surface area contributed by atoms with Crippen molar-refractivity contribution in [2.45, 2.75) is 57.8 Å². The van der Waals surface area contributed by atoms with E-state index in [1.807, 2.05) is 30.3 Å². The van der Waals surface area contributed by atoms with Crippen LogP contribution in [0.5, 0.6) is 0 Å². The Morgan fingerprint density at radius 1 is 0.938 bits per heavy atom. The third kappa shape index (κ3) is 8.75. The fourth-order valence-electron chi connectivity index (χ4n) is 6.06. The summed E-state index contributed by atoms with van der Waals surface area (Å²) in [5.74, 6) is -0.891. The highest BCUT2D eigenvalue weighted by molar-refractivity contribution is 5.96. The van der Waals surface area contributed by atoms with Gasteiger partial charge < -0.3 is 30.1 Å². The Morgan fingerprint density at radius 2 is 1.69 bits per heavy atom. The van der Waals surface area contributed by atoms with Crippen LogP contribution in [0, 0.1) is 5.82 Å². The summed E-state index contributed by atoms with van der Waals surface area (Å²) in [5, 5.41) is 5.59. The van der Waals surface area contributed by atoms with Crippen LogP contribution in [0.25, 0.3) is 0 Å². The fraction of sp³-hybridized carbons (Fsp3) is 0.361. The number of benzene rings is 3. The number of urea groups is 1. The van der Waals surface area contributed by atoms with Crippen LogP contribution in [0.4, 0.5) is 19.7 Å². The molecule has 0 aromatic heterocycles. The number of hydrogen-bond donors (Lipinski definition) is 2. The van der Waals surface area contributed by atoms with Gasteiger partial charge in [0.15, 0.2) is 5.78 Å². The van der Waals surface area contributed by atoms with Crippen molar-refractivity contribution in [1.29, 1.82) is 0 Å². The Bertz CT molecular complexity index is 1620. The first-order chi connectivity index (χ1) is 23.2. The average molecular weight is 658 g/mol. The Morgan fingerprint density at radius 3 is 2.42 bits per heavy atom. The Hall–Kier alpha value is -5.26. The van der Waals surface area contributed by atoms with Gasteiger partial charge in [-0.15, -0.1) is 0 Å². The van der Waals surface area contributed by atoms with Gasteiger partial charge in [0.2, 0.25) is 11.8 Å². The number of ether oxygens (including phenoxy) is 1. The van der Waals surface area contributed by atoms with Gasteiger partial charge in [0.1, 0.15) is 24.6 Å². The summed E-state index contributed by atoms with van der Waals surface area (Å²) in [5.41, 5.74) is 2.62. The number of ketones is 1. The van der Waals surface area contributed by atoms with E-state index in [-0.39, 0.29) is 56.1 Å².